The largest absolute Gasteiger partial charge is 0.449 e. The van der Waals surface area contributed by atoms with Crippen LogP contribution in [0.3, 0.4) is 0 Å². The lowest BCUT2D eigenvalue weighted by atomic mass is 10.2. The molecule has 0 radical (unpaired) electrons. The van der Waals surface area contributed by atoms with Gasteiger partial charge in [-0.2, -0.15) is 0 Å². The van der Waals surface area contributed by atoms with E-state index in [1.165, 1.54) is 6.92 Å². The molecule has 2 aromatic carbocycles. The Morgan fingerprint density at radius 2 is 1.79 bits per heavy atom. The van der Waals surface area contributed by atoms with E-state index in [4.69, 9.17) is 9.15 Å². The van der Waals surface area contributed by atoms with Crippen LogP contribution < -0.4 is 5.32 Å². The number of furan rings is 1. The summed E-state index contributed by atoms with van der Waals surface area (Å²) in [5, 5.41) is 3.51. The van der Waals surface area contributed by atoms with E-state index in [1.807, 2.05) is 37.3 Å². The van der Waals surface area contributed by atoms with Crippen molar-refractivity contribution in [1.29, 1.82) is 0 Å². The predicted molar refractivity (Wildman–Crippen MR) is 90.9 cm³/mol. The molecule has 5 heteroatoms. The molecule has 0 aliphatic carbocycles. The van der Waals surface area contributed by atoms with Crippen molar-refractivity contribution in [1.82, 2.24) is 0 Å². The zero-order valence-electron chi connectivity index (χ0n) is 13.4. The second-order valence-corrected chi connectivity index (χ2v) is 5.55. The molecule has 24 heavy (non-hydrogen) atoms. The minimum Gasteiger partial charge on any atom is -0.449 e. The molecule has 0 aliphatic heterocycles. The Kier molecular flexibility index (Phi) is 4.33. The van der Waals surface area contributed by atoms with Gasteiger partial charge in [0.1, 0.15) is 5.58 Å². The van der Waals surface area contributed by atoms with Crippen molar-refractivity contribution in [2.75, 3.05) is 5.32 Å². The third-order valence-electron chi connectivity index (χ3n) is 3.60. The van der Waals surface area contributed by atoms with Gasteiger partial charge in [0, 0.05) is 11.1 Å². The molecular formula is C19H17NO4. The minimum absolute atomic E-state index is 0.0752. The molecule has 0 saturated heterocycles. The van der Waals surface area contributed by atoms with Crippen LogP contribution in [0.25, 0.3) is 11.0 Å². The van der Waals surface area contributed by atoms with Crippen molar-refractivity contribution in [3.8, 4) is 0 Å². The van der Waals surface area contributed by atoms with E-state index < -0.39 is 18.0 Å². The number of benzene rings is 2. The fourth-order valence-electron chi connectivity index (χ4n) is 2.24. The summed E-state index contributed by atoms with van der Waals surface area (Å²) in [5.41, 5.74) is 2.34. The lowest BCUT2D eigenvalue weighted by Gasteiger charge is -2.12. The van der Waals surface area contributed by atoms with E-state index >= 15 is 0 Å². The van der Waals surface area contributed by atoms with Crippen molar-refractivity contribution >= 4 is 28.5 Å². The number of rotatable bonds is 4. The molecule has 5 nitrogen and oxygen atoms in total. The average Bonchev–Trinajstić information content (AvgIpc) is 3.01. The van der Waals surface area contributed by atoms with E-state index in [2.05, 4.69) is 5.32 Å². The first-order valence-electron chi connectivity index (χ1n) is 7.60. The van der Waals surface area contributed by atoms with Gasteiger partial charge in [-0.3, -0.25) is 4.79 Å². The summed E-state index contributed by atoms with van der Waals surface area (Å²) in [7, 11) is 0. The molecule has 1 amide bonds. The molecule has 0 fully saturated rings. The summed E-state index contributed by atoms with van der Waals surface area (Å²) in [6, 6.07) is 16.2. The Morgan fingerprint density at radius 1 is 1.08 bits per heavy atom. The van der Waals surface area contributed by atoms with Gasteiger partial charge < -0.3 is 14.5 Å². The van der Waals surface area contributed by atoms with Crippen LogP contribution in [0.5, 0.6) is 0 Å². The van der Waals surface area contributed by atoms with Crippen LogP contribution in [0.1, 0.15) is 23.0 Å². The Bertz CT molecular complexity index is 847. The van der Waals surface area contributed by atoms with Crippen LogP contribution in [0.2, 0.25) is 0 Å². The second kappa shape index (κ2) is 6.58. The number of para-hydroxylation sites is 1. The third-order valence-corrected chi connectivity index (χ3v) is 3.60. The predicted octanol–water partition coefficient (Wildman–Crippen LogP) is 3.93. The number of fused-ring (bicyclic) bond motifs is 1. The Morgan fingerprint density at radius 3 is 2.50 bits per heavy atom. The summed E-state index contributed by atoms with van der Waals surface area (Å²) in [4.78, 5) is 24.2. The Labute approximate surface area is 139 Å². The average molecular weight is 323 g/mol. The fourth-order valence-corrected chi connectivity index (χ4v) is 2.24. The number of carbonyl (C=O) groups excluding carboxylic acids is 2. The first-order valence-corrected chi connectivity index (χ1v) is 7.60. The van der Waals surface area contributed by atoms with E-state index in [0.29, 0.717) is 11.3 Å². The number of esters is 1. The van der Waals surface area contributed by atoms with Crippen molar-refractivity contribution in [2.24, 2.45) is 0 Å². The van der Waals surface area contributed by atoms with Gasteiger partial charge in [-0.25, -0.2) is 4.79 Å². The van der Waals surface area contributed by atoms with Gasteiger partial charge in [0.2, 0.25) is 5.76 Å². The number of ether oxygens (including phenoxy) is 1. The number of nitrogens with one attached hydrogen (secondary N) is 1. The molecule has 1 atom stereocenters. The Balaban J connectivity index is 1.64. The van der Waals surface area contributed by atoms with Crippen molar-refractivity contribution in [3.63, 3.8) is 0 Å². The molecule has 0 aliphatic rings. The molecule has 0 bridgehead atoms. The van der Waals surface area contributed by atoms with E-state index in [-0.39, 0.29) is 5.76 Å². The summed E-state index contributed by atoms with van der Waals surface area (Å²) in [6.07, 6.45) is -0.938. The highest BCUT2D eigenvalue weighted by Crippen LogP contribution is 2.20. The standard InChI is InChI=1S/C19H17NO4/c1-12-7-9-15(10-8-12)20-18(21)13(2)23-19(22)17-11-14-5-3-4-6-16(14)24-17/h3-11,13H,1-2H3,(H,20,21). The molecule has 1 aromatic heterocycles. The van der Waals surface area contributed by atoms with Gasteiger partial charge in [0.05, 0.1) is 0 Å². The lowest BCUT2D eigenvalue weighted by molar-refractivity contribution is -0.123. The van der Waals surface area contributed by atoms with Crippen molar-refractivity contribution < 1.29 is 18.7 Å². The van der Waals surface area contributed by atoms with Crippen LogP contribution in [0, 0.1) is 6.92 Å². The third kappa shape index (κ3) is 3.46. The molecule has 122 valence electrons. The van der Waals surface area contributed by atoms with Crippen molar-refractivity contribution in [3.05, 3.63) is 65.9 Å². The highest BCUT2D eigenvalue weighted by Gasteiger charge is 2.21. The number of hydrogen-bond acceptors (Lipinski definition) is 4. The van der Waals surface area contributed by atoms with Crippen LogP contribution in [-0.2, 0) is 9.53 Å². The van der Waals surface area contributed by atoms with E-state index in [0.717, 1.165) is 10.9 Å². The quantitative estimate of drug-likeness (QED) is 0.739. The zero-order valence-corrected chi connectivity index (χ0v) is 13.4. The summed E-state index contributed by atoms with van der Waals surface area (Å²) < 4.78 is 10.6. The molecule has 3 rings (SSSR count). The number of anilines is 1. The fraction of sp³-hybridized carbons (Fsp3) is 0.158. The molecular weight excluding hydrogens is 306 g/mol. The Hall–Kier alpha value is -3.08. The summed E-state index contributed by atoms with van der Waals surface area (Å²) in [5.74, 6) is -0.993. The second-order valence-electron chi connectivity index (χ2n) is 5.55. The summed E-state index contributed by atoms with van der Waals surface area (Å²) >= 11 is 0. The maximum absolute atomic E-state index is 12.1. The smallest absolute Gasteiger partial charge is 0.375 e. The SMILES string of the molecule is Cc1ccc(NC(=O)C(C)OC(=O)c2cc3ccccc3o2)cc1. The number of hydrogen-bond donors (Lipinski definition) is 1. The van der Waals surface area contributed by atoms with Gasteiger partial charge in [0.25, 0.3) is 5.91 Å². The van der Waals surface area contributed by atoms with Gasteiger partial charge in [-0.05, 0) is 38.1 Å². The number of amides is 1. The molecule has 3 aromatic rings. The van der Waals surface area contributed by atoms with E-state index in [1.54, 1.807) is 24.3 Å². The monoisotopic (exact) mass is 323 g/mol. The molecule has 1 N–H and O–H groups in total. The van der Waals surface area contributed by atoms with Crippen LogP contribution >= 0.6 is 0 Å². The van der Waals surface area contributed by atoms with Crippen LogP contribution in [0.15, 0.2) is 59.0 Å². The molecule has 0 spiro atoms. The highest BCUT2D eigenvalue weighted by molar-refractivity contribution is 5.97. The van der Waals surface area contributed by atoms with Crippen LogP contribution in [-0.4, -0.2) is 18.0 Å². The van der Waals surface area contributed by atoms with Gasteiger partial charge in [-0.15, -0.1) is 0 Å². The van der Waals surface area contributed by atoms with Gasteiger partial charge in [-0.1, -0.05) is 35.9 Å². The maximum Gasteiger partial charge on any atom is 0.375 e. The van der Waals surface area contributed by atoms with Gasteiger partial charge in [0.15, 0.2) is 6.10 Å². The molecule has 0 saturated carbocycles. The number of aryl methyl sites for hydroxylation is 1. The normalized spacial score (nSPS) is 11.9. The van der Waals surface area contributed by atoms with Crippen molar-refractivity contribution in [2.45, 2.75) is 20.0 Å². The van der Waals surface area contributed by atoms with Crippen LogP contribution in [0.4, 0.5) is 5.69 Å². The first kappa shape index (κ1) is 15.8. The molecule has 1 unspecified atom stereocenters. The lowest BCUT2D eigenvalue weighted by Crippen LogP contribution is -2.29. The minimum atomic E-state index is -0.938. The topological polar surface area (TPSA) is 68.5 Å². The van der Waals surface area contributed by atoms with E-state index in [9.17, 15) is 9.59 Å². The summed E-state index contributed by atoms with van der Waals surface area (Å²) in [6.45, 7) is 3.48. The first-order chi connectivity index (χ1) is 11.5. The zero-order chi connectivity index (χ0) is 17.1. The molecule has 1 heterocycles. The number of carbonyl (C=O) groups is 2. The maximum atomic E-state index is 12.1. The van der Waals surface area contributed by atoms with Gasteiger partial charge >= 0.3 is 5.97 Å². The highest BCUT2D eigenvalue weighted by atomic mass is 16.6.